The lowest BCUT2D eigenvalue weighted by atomic mass is 9.77. The third kappa shape index (κ3) is 4.60. The molecule has 1 atom stereocenters. The van der Waals surface area contributed by atoms with Crippen LogP contribution in [0.4, 0.5) is 4.39 Å². The number of carbonyl (C=O) groups is 2. The summed E-state index contributed by atoms with van der Waals surface area (Å²) in [5.41, 5.74) is 8.32. The number of carbonyl (C=O) groups excluding carboxylic acids is 2. The van der Waals surface area contributed by atoms with Crippen LogP contribution in [0.25, 0.3) is 16.7 Å². The first-order valence-electron chi connectivity index (χ1n) is 11.1. The van der Waals surface area contributed by atoms with Gasteiger partial charge in [0.15, 0.2) is 5.78 Å². The summed E-state index contributed by atoms with van der Waals surface area (Å²) in [5.74, 6) is -0.743. The van der Waals surface area contributed by atoms with Crippen LogP contribution in [0.3, 0.4) is 0 Å². The number of hydrogen-bond acceptors (Lipinski definition) is 4. The molecule has 1 unspecified atom stereocenters. The van der Waals surface area contributed by atoms with Crippen molar-refractivity contribution in [1.29, 1.82) is 0 Å². The molecule has 32 heavy (non-hydrogen) atoms. The number of allylic oxidation sites excluding steroid dienone is 2. The van der Waals surface area contributed by atoms with E-state index in [1.807, 2.05) is 25.1 Å². The minimum absolute atomic E-state index is 0.0528. The number of benzene rings is 2. The summed E-state index contributed by atoms with van der Waals surface area (Å²) in [6, 6.07) is 9.70. The molecule has 1 aliphatic carbocycles. The Morgan fingerprint density at radius 1 is 1.09 bits per heavy atom. The van der Waals surface area contributed by atoms with Crippen LogP contribution in [0.15, 0.2) is 42.2 Å². The molecule has 4 rings (SSSR count). The smallest absolute Gasteiger partial charge is 0.251 e. The highest BCUT2D eigenvalue weighted by atomic mass is 19.1. The maximum atomic E-state index is 13.9. The molecule has 6 heteroatoms. The molecule has 1 heterocycles. The summed E-state index contributed by atoms with van der Waals surface area (Å²) in [6.45, 7) is 3.43. The van der Waals surface area contributed by atoms with Gasteiger partial charge in [0.05, 0.1) is 11.1 Å². The Hall–Kier alpha value is -2.99. The fourth-order valence-electron chi connectivity index (χ4n) is 4.86. The van der Waals surface area contributed by atoms with E-state index in [-0.39, 0.29) is 23.0 Å². The Balaban J connectivity index is 1.63. The predicted octanol–water partition coefficient (Wildman–Crippen LogP) is 4.96. The molecular formula is C26H28FNO4. The van der Waals surface area contributed by atoms with Crippen molar-refractivity contribution in [2.45, 2.75) is 39.0 Å². The van der Waals surface area contributed by atoms with E-state index >= 15 is 0 Å². The van der Waals surface area contributed by atoms with Crippen molar-refractivity contribution in [3.63, 3.8) is 0 Å². The van der Waals surface area contributed by atoms with Crippen molar-refractivity contribution in [2.24, 2.45) is 17.6 Å². The summed E-state index contributed by atoms with van der Waals surface area (Å²) in [7, 11) is 0. The summed E-state index contributed by atoms with van der Waals surface area (Å²) in [5, 5.41) is 10.9. The second-order valence-corrected chi connectivity index (χ2v) is 8.90. The standard InChI is InChI=1S/C26H28FNO4/c1-15-2-3-18(19-4-5-22(27)21(14-19)26(28)31)13-20(15)25-23(29)11-17(12-24(25)30)10-16-6-8-32-9-7-16/h2-5,13-14,16-17,29H,6-12H2,1H3,(H2,28,31). The predicted molar refractivity (Wildman–Crippen MR) is 121 cm³/mol. The Morgan fingerprint density at radius 2 is 1.78 bits per heavy atom. The Bertz CT molecular complexity index is 1090. The number of amides is 1. The van der Waals surface area contributed by atoms with Gasteiger partial charge in [0.1, 0.15) is 11.6 Å². The zero-order chi connectivity index (χ0) is 22.8. The van der Waals surface area contributed by atoms with Crippen LogP contribution in [0.1, 0.15) is 53.6 Å². The SMILES string of the molecule is Cc1ccc(-c2ccc(F)c(C(N)=O)c2)cc1C1=C(O)CC(CC2CCOCC2)CC1=O. The van der Waals surface area contributed by atoms with E-state index in [9.17, 15) is 19.1 Å². The van der Waals surface area contributed by atoms with E-state index < -0.39 is 11.7 Å². The summed E-state index contributed by atoms with van der Waals surface area (Å²) in [6.07, 6.45) is 3.85. The highest BCUT2D eigenvalue weighted by Gasteiger charge is 2.31. The van der Waals surface area contributed by atoms with Gasteiger partial charge in [-0.2, -0.15) is 0 Å². The van der Waals surface area contributed by atoms with E-state index in [0.717, 1.165) is 38.0 Å². The molecule has 1 amide bonds. The number of aliphatic hydroxyl groups excluding tert-OH is 1. The highest BCUT2D eigenvalue weighted by Crippen LogP contribution is 2.38. The van der Waals surface area contributed by atoms with Crippen molar-refractivity contribution in [1.82, 2.24) is 0 Å². The fraction of sp³-hybridized carbons (Fsp3) is 0.385. The van der Waals surface area contributed by atoms with Gasteiger partial charge in [0, 0.05) is 26.1 Å². The van der Waals surface area contributed by atoms with Gasteiger partial charge in [-0.25, -0.2) is 4.39 Å². The Morgan fingerprint density at radius 3 is 2.47 bits per heavy atom. The first-order valence-corrected chi connectivity index (χ1v) is 11.1. The first-order chi connectivity index (χ1) is 15.3. The zero-order valence-corrected chi connectivity index (χ0v) is 18.2. The number of hydrogen-bond donors (Lipinski definition) is 2. The number of aryl methyl sites for hydroxylation is 1. The molecule has 5 nitrogen and oxygen atoms in total. The van der Waals surface area contributed by atoms with Crippen molar-refractivity contribution in [2.75, 3.05) is 13.2 Å². The molecule has 0 saturated carbocycles. The van der Waals surface area contributed by atoms with E-state index in [0.29, 0.717) is 41.0 Å². The van der Waals surface area contributed by atoms with Crippen LogP contribution >= 0.6 is 0 Å². The highest BCUT2D eigenvalue weighted by molar-refractivity contribution is 6.22. The largest absolute Gasteiger partial charge is 0.512 e. The maximum Gasteiger partial charge on any atom is 0.251 e. The molecule has 168 valence electrons. The molecule has 0 spiro atoms. The normalized spacial score (nSPS) is 19.9. The summed E-state index contributed by atoms with van der Waals surface area (Å²) < 4.78 is 19.3. The van der Waals surface area contributed by atoms with Gasteiger partial charge in [0.25, 0.3) is 5.91 Å². The molecule has 0 aromatic heterocycles. The number of primary amides is 1. The lowest BCUT2D eigenvalue weighted by molar-refractivity contribution is -0.115. The molecule has 1 aliphatic heterocycles. The minimum atomic E-state index is -0.838. The Kier molecular flexibility index (Phi) is 6.42. The van der Waals surface area contributed by atoms with E-state index in [4.69, 9.17) is 10.5 Å². The van der Waals surface area contributed by atoms with Gasteiger partial charge >= 0.3 is 0 Å². The molecule has 0 radical (unpaired) electrons. The van der Waals surface area contributed by atoms with Gasteiger partial charge in [-0.05, 0) is 78.5 Å². The van der Waals surface area contributed by atoms with Gasteiger partial charge < -0.3 is 15.6 Å². The molecule has 2 aromatic rings. The molecule has 2 aliphatic rings. The quantitative estimate of drug-likeness (QED) is 0.691. The number of ketones is 1. The summed E-state index contributed by atoms with van der Waals surface area (Å²) in [4.78, 5) is 24.6. The average Bonchev–Trinajstić information content (AvgIpc) is 2.75. The minimum Gasteiger partial charge on any atom is -0.512 e. The first kappa shape index (κ1) is 22.2. The number of halogens is 1. The molecule has 2 aromatic carbocycles. The van der Waals surface area contributed by atoms with Crippen molar-refractivity contribution in [3.8, 4) is 11.1 Å². The van der Waals surface area contributed by atoms with Gasteiger partial charge in [-0.3, -0.25) is 9.59 Å². The number of ether oxygens (including phenoxy) is 1. The topological polar surface area (TPSA) is 89.6 Å². The van der Waals surface area contributed by atoms with Crippen molar-refractivity contribution >= 4 is 17.3 Å². The lowest BCUT2D eigenvalue weighted by Crippen LogP contribution is -2.24. The van der Waals surface area contributed by atoms with E-state index in [2.05, 4.69) is 0 Å². The average molecular weight is 438 g/mol. The van der Waals surface area contributed by atoms with Gasteiger partial charge in [0.2, 0.25) is 0 Å². The van der Waals surface area contributed by atoms with Crippen LogP contribution in [0.5, 0.6) is 0 Å². The van der Waals surface area contributed by atoms with E-state index in [1.54, 1.807) is 6.07 Å². The number of aliphatic hydroxyl groups is 1. The van der Waals surface area contributed by atoms with Crippen LogP contribution in [-0.4, -0.2) is 30.0 Å². The third-order valence-corrected chi connectivity index (χ3v) is 6.60. The molecular weight excluding hydrogens is 409 g/mol. The molecule has 1 saturated heterocycles. The monoisotopic (exact) mass is 437 g/mol. The van der Waals surface area contributed by atoms with Crippen molar-refractivity contribution < 1.29 is 23.8 Å². The fourth-order valence-corrected chi connectivity index (χ4v) is 4.86. The number of nitrogens with two attached hydrogens (primary N) is 1. The van der Waals surface area contributed by atoms with Gasteiger partial charge in [-0.1, -0.05) is 18.2 Å². The van der Waals surface area contributed by atoms with Crippen LogP contribution in [-0.2, 0) is 9.53 Å². The van der Waals surface area contributed by atoms with Crippen LogP contribution in [0, 0.1) is 24.6 Å². The lowest BCUT2D eigenvalue weighted by Gasteiger charge is -2.29. The Labute approximate surface area is 187 Å². The second-order valence-electron chi connectivity index (χ2n) is 8.90. The van der Waals surface area contributed by atoms with Gasteiger partial charge in [-0.15, -0.1) is 0 Å². The molecule has 0 bridgehead atoms. The molecule has 3 N–H and O–H groups in total. The molecule has 1 fully saturated rings. The van der Waals surface area contributed by atoms with Crippen LogP contribution < -0.4 is 5.73 Å². The second kappa shape index (κ2) is 9.25. The van der Waals surface area contributed by atoms with Crippen LogP contribution in [0.2, 0.25) is 0 Å². The number of Topliss-reactive ketones (excluding diaryl/α,β-unsaturated/α-hetero) is 1. The van der Waals surface area contributed by atoms with Crippen molar-refractivity contribution in [3.05, 3.63) is 64.7 Å². The zero-order valence-electron chi connectivity index (χ0n) is 18.2. The van der Waals surface area contributed by atoms with E-state index in [1.165, 1.54) is 12.1 Å². The summed E-state index contributed by atoms with van der Waals surface area (Å²) >= 11 is 0. The third-order valence-electron chi connectivity index (χ3n) is 6.60. The number of rotatable bonds is 5. The maximum absolute atomic E-state index is 13.9.